The van der Waals surface area contributed by atoms with Crippen molar-refractivity contribution in [2.45, 2.75) is 19.6 Å². The van der Waals surface area contributed by atoms with Crippen LogP contribution in [0.5, 0.6) is 0 Å². The number of carbonyl (C=O) groups excluding carboxylic acids is 2. The van der Waals surface area contributed by atoms with Gasteiger partial charge in [-0.3, -0.25) is 9.97 Å². The maximum atomic E-state index is 11.9. The Balaban J connectivity index is 1.93. The van der Waals surface area contributed by atoms with E-state index in [1.54, 1.807) is 24.5 Å². The molecule has 7 nitrogen and oxygen atoms in total. The summed E-state index contributed by atoms with van der Waals surface area (Å²) in [5.41, 5.74) is 1.63. The van der Waals surface area contributed by atoms with Gasteiger partial charge in [0, 0.05) is 36.9 Å². The highest BCUT2D eigenvalue weighted by molar-refractivity contribution is 9.10. The minimum absolute atomic E-state index is 0.218. The number of hydrogen-bond acceptors (Lipinski definition) is 7. The second kappa shape index (κ2) is 5.62. The molecule has 3 rings (SSSR count). The summed E-state index contributed by atoms with van der Waals surface area (Å²) in [5.74, 6) is -2.75. The number of nitrogens with one attached hydrogen (secondary N) is 1. The molecular formula is C15H12BrN3O4. The minimum atomic E-state index is -1.26. The van der Waals surface area contributed by atoms with E-state index in [0.717, 1.165) is 4.47 Å². The summed E-state index contributed by atoms with van der Waals surface area (Å²) < 4.78 is 10.8. The first-order chi connectivity index (χ1) is 10.9. The first kappa shape index (κ1) is 15.4. The second-order valence-electron chi connectivity index (χ2n) is 5.23. The highest BCUT2D eigenvalue weighted by atomic mass is 79.9. The molecule has 0 saturated carbocycles. The molecule has 0 spiro atoms. The molecule has 1 saturated heterocycles. The number of esters is 2. The van der Waals surface area contributed by atoms with Gasteiger partial charge in [0.05, 0.1) is 5.69 Å². The zero-order chi connectivity index (χ0) is 16.6. The van der Waals surface area contributed by atoms with Gasteiger partial charge >= 0.3 is 11.9 Å². The molecule has 1 aromatic heterocycles. The van der Waals surface area contributed by atoms with Gasteiger partial charge < -0.3 is 14.8 Å². The maximum absolute atomic E-state index is 11.9. The lowest BCUT2D eigenvalue weighted by molar-refractivity contribution is -0.222. The smallest absolute Gasteiger partial charge is 0.350 e. The molecule has 118 valence electrons. The van der Waals surface area contributed by atoms with Crippen molar-refractivity contribution in [2.75, 3.05) is 5.32 Å². The Morgan fingerprint density at radius 1 is 1.09 bits per heavy atom. The standard InChI is InChI=1S/C15H12BrN3O4/c1-15(2)22-13(20)8(14(21)23-15)7-19-10-4-3-9(16)11-12(10)18-6-5-17-11/h3-7,19H,1-2H3. The molecule has 0 amide bonds. The molecule has 23 heavy (non-hydrogen) atoms. The monoisotopic (exact) mass is 377 g/mol. The fraction of sp³-hybridized carbons (Fsp3) is 0.200. The van der Waals surface area contributed by atoms with Crippen molar-refractivity contribution in [1.82, 2.24) is 9.97 Å². The summed E-state index contributed by atoms with van der Waals surface area (Å²) in [5, 5.41) is 2.89. The van der Waals surface area contributed by atoms with Crippen molar-refractivity contribution in [3.63, 3.8) is 0 Å². The number of hydrogen-bond donors (Lipinski definition) is 1. The Morgan fingerprint density at radius 2 is 1.70 bits per heavy atom. The molecule has 0 radical (unpaired) electrons. The molecule has 0 unspecified atom stereocenters. The summed E-state index contributed by atoms with van der Waals surface area (Å²) in [4.78, 5) is 32.3. The van der Waals surface area contributed by atoms with E-state index in [0.29, 0.717) is 16.7 Å². The Morgan fingerprint density at radius 3 is 2.35 bits per heavy atom. The van der Waals surface area contributed by atoms with Crippen LogP contribution in [0, 0.1) is 0 Å². The van der Waals surface area contributed by atoms with E-state index >= 15 is 0 Å². The number of benzene rings is 1. The minimum Gasteiger partial charge on any atom is -0.419 e. The molecule has 1 aliphatic rings. The molecule has 2 aromatic rings. The van der Waals surface area contributed by atoms with Gasteiger partial charge in [-0.05, 0) is 28.1 Å². The van der Waals surface area contributed by atoms with E-state index in [1.165, 1.54) is 20.0 Å². The van der Waals surface area contributed by atoms with Crippen LogP contribution in [0.4, 0.5) is 5.69 Å². The fourth-order valence-corrected chi connectivity index (χ4v) is 2.49. The predicted octanol–water partition coefficient (Wildman–Crippen LogP) is 2.52. The normalized spacial score (nSPS) is 16.7. The largest absolute Gasteiger partial charge is 0.419 e. The Hall–Kier alpha value is -2.48. The highest BCUT2D eigenvalue weighted by Gasteiger charge is 2.38. The lowest BCUT2D eigenvalue weighted by atomic mass is 10.2. The first-order valence-electron chi connectivity index (χ1n) is 6.70. The summed E-state index contributed by atoms with van der Waals surface area (Å²) in [6, 6.07) is 3.54. The van der Waals surface area contributed by atoms with Crippen molar-refractivity contribution in [1.29, 1.82) is 0 Å². The third-order valence-corrected chi connectivity index (χ3v) is 3.70. The fourth-order valence-electron chi connectivity index (χ4n) is 2.07. The third kappa shape index (κ3) is 3.02. The number of fused-ring (bicyclic) bond motifs is 1. The average molecular weight is 378 g/mol. The zero-order valence-electron chi connectivity index (χ0n) is 12.3. The van der Waals surface area contributed by atoms with Crippen LogP contribution in [0.15, 0.2) is 40.8 Å². The van der Waals surface area contributed by atoms with Crippen LogP contribution in [0.1, 0.15) is 13.8 Å². The number of halogens is 1. The lowest BCUT2D eigenvalue weighted by Crippen LogP contribution is -2.42. The van der Waals surface area contributed by atoms with Gasteiger partial charge in [0.15, 0.2) is 5.57 Å². The molecule has 0 aliphatic carbocycles. The van der Waals surface area contributed by atoms with Crippen LogP contribution in [0.2, 0.25) is 0 Å². The topological polar surface area (TPSA) is 90.4 Å². The number of aromatic nitrogens is 2. The molecule has 1 N–H and O–H groups in total. The average Bonchev–Trinajstić information content (AvgIpc) is 2.47. The van der Waals surface area contributed by atoms with Crippen LogP contribution in [0.3, 0.4) is 0 Å². The van der Waals surface area contributed by atoms with E-state index in [2.05, 4.69) is 31.2 Å². The summed E-state index contributed by atoms with van der Waals surface area (Å²) in [6.45, 7) is 2.98. The molecule has 1 aliphatic heterocycles. The van der Waals surface area contributed by atoms with Crippen molar-refractivity contribution < 1.29 is 19.1 Å². The molecule has 1 aromatic carbocycles. The second-order valence-corrected chi connectivity index (χ2v) is 6.08. The van der Waals surface area contributed by atoms with Crippen LogP contribution in [0.25, 0.3) is 11.0 Å². The number of anilines is 1. The van der Waals surface area contributed by atoms with Crippen LogP contribution in [-0.4, -0.2) is 27.7 Å². The van der Waals surface area contributed by atoms with Gasteiger partial charge in [-0.1, -0.05) is 0 Å². The van der Waals surface area contributed by atoms with Crippen molar-refractivity contribution in [2.24, 2.45) is 0 Å². The van der Waals surface area contributed by atoms with Crippen LogP contribution >= 0.6 is 15.9 Å². The van der Waals surface area contributed by atoms with E-state index in [-0.39, 0.29) is 5.57 Å². The number of ether oxygens (including phenoxy) is 2. The highest BCUT2D eigenvalue weighted by Crippen LogP contribution is 2.27. The van der Waals surface area contributed by atoms with Gasteiger partial charge in [-0.25, -0.2) is 9.59 Å². The summed E-state index contributed by atoms with van der Waals surface area (Å²) in [6.07, 6.45) is 4.38. The third-order valence-electron chi connectivity index (χ3n) is 3.06. The first-order valence-corrected chi connectivity index (χ1v) is 7.49. The quantitative estimate of drug-likeness (QED) is 0.488. The van der Waals surface area contributed by atoms with E-state index in [1.807, 2.05) is 0 Å². The molecule has 8 heteroatoms. The summed E-state index contributed by atoms with van der Waals surface area (Å²) in [7, 11) is 0. The number of cyclic esters (lactones) is 2. The van der Waals surface area contributed by atoms with Gasteiger partial charge in [-0.2, -0.15) is 0 Å². The van der Waals surface area contributed by atoms with E-state index < -0.39 is 17.7 Å². The van der Waals surface area contributed by atoms with Crippen molar-refractivity contribution in [3.05, 3.63) is 40.8 Å². The lowest BCUT2D eigenvalue weighted by Gasteiger charge is -2.29. The number of carbonyl (C=O) groups is 2. The van der Waals surface area contributed by atoms with Crippen LogP contribution in [-0.2, 0) is 19.1 Å². The Kier molecular flexibility index (Phi) is 3.77. The number of rotatable bonds is 2. The van der Waals surface area contributed by atoms with Gasteiger partial charge in [0.1, 0.15) is 11.0 Å². The van der Waals surface area contributed by atoms with Gasteiger partial charge in [-0.15, -0.1) is 0 Å². The molecule has 2 heterocycles. The molecule has 0 atom stereocenters. The summed E-state index contributed by atoms with van der Waals surface area (Å²) >= 11 is 3.40. The maximum Gasteiger partial charge on any atom is 0.350 e. The predicted molar refractivity (Wildman–Crippen MR) is 85.2 cm³/mol. The van der Waals surface area contributed by atoms with E-state index in [4.69, 9.17) is 9.47 Å². The molecule has 0 bridgehead atoms. The van der Waals surface area contributed by atoms with E-state index in [9.17, 15) is 9.59 Å². The zero-order valence-corrected chi connectivity index (χ0v) is 13.9. The van der Waals surface area contributed by atoms with Gasteiger partial charge in [0.25, 0.3) is 5.79 Å². The van der Waals surface area contributed by atoms with Gasteiger partial charge in [0.2, 0.25) is 0 Å². The Labute approximate surface area is 139 Å². The SMILES string of the molecule is CC1(C)OC(=O)C(=CNc2ccc(Br)c3nccnc23)C(=O)O1. The van der Waals surface area contributed by atoms with Crippen LogP contribution < -0.4 is 5.32 Å². The molecule has 1 fully saturated rings. The number of nitrogens with zero attached hydrogens (tertiary/aromatic N) is 2. The van der Waals surface area contributed by atoms with Crippen molar-refractivity contribution >= 4 is 44.6 Å². The van der Waals surface area contributed by atoms with Crippen molar-refractivity contribution in [3.8, 4) is 0 Å². The Bertz CT molecular complexity index is 826. The molecular weight excluding hydrogens is 366 g/mol.